The van der Waals surface area contributed by atoms with Gasteiger partial charge in [0.15, 0.2) is 0 Å². The Bertz CT molecular complexity index is 310. The van der Waals surface area contributed by atoms with Crippen molar-refractivity contribution < 1.29 is 0 Å². The van der Waals surface area contributed by atoms with E-state index in [2.05, 4.69) is 43.8 Å². The van der Waals surface area contributed by atoms with E-state index in [1.165, 1.54) is 4.88 Å². The molecule has 0 aliphatic heterocycles. The second-order valence-corrected chi connectivity index (χ2v) is 5.15. The van der Waals surface area contributed by atoms with Crippen molar-refractivity contribution in [2.24, 2.45) is 10.8 Å². The van der Waals surface area contributed by atoms with Crippen LogP contribution in [0.1, 0.15) is 4.88 Å². The number of halogens is 1. The number of nitrogens with one attached hydrogen (secondary N) is 2. The van der Waals surface area contributed by atoms with Crippen LogP contribution in [0.3, 0.4) is 0 Å². The maximum Gasteiger partial charge on any atom is 0.205 e. The minimum absolute atomic E-state index is 0.612. The molecule has 0 spiro atoms. The summed E-state index contributed by atoms with van der Waals surface area (Å²) < 4.78 is 1.16. The molecule has 0 bridgehead atoms. The Hall–Kier alpha value is -0.590. The first-order chi connectivity index (χ1) is 6.76. The normalized spacial score (nSPS) is 11.5. The lowest BCUT2D eigenvalue weighted by molar-refractivity contribution is 0.823. The summed E-state index contributed by atoms with van der Waals surface area (Å²) in [6.07, 6.45) is 0.969. The van der Waals surface area contributed by atoms with Crippen LogP contribution < -0.4 is 16.6 Å². The molecule has 4 N–H and O–H groups in total. The molecule has 1 aromatic rings. The highest BCUT2D eigenvalue weighted by Crippen LogP contribution is 2.21. The van der Waals surface area contributed by atoms with Crippen molar-refractivity contribution in [2.75, 3.05) is 13.6 Å². The summed E-state index contributed by atoms with van der Waals surface area (Å²) in [5.41, 5.74) is 2.48. The van der Waals surface area contributed by atoms with Crippen LogP contribution in [0.4, 0.5) is 0 Å². The SMILES string of the molecule is CN=C(NN)NCCc1ccc(Br)s1. The minimum atomic E-state index is 0.612. The minimum Gasteiger partial charge on any atom is -0.355 e. The van der Waals surface area contributed by atoms with Crippen molar-refractivity contribution in [3.8, 4) is 0 Å². The molecule has 0 aliphatic carbocycles. The summed E-state index contributed by atoms with van der Waals surface area (Å²) in [7, 11) is 1.68. The first-order valence-corrected chi connectivity index (χ1v) is 5.78. The van der Waals surface area contributed by atoms with Crippen molar-refractivity contribution in [1.82, 2.24) is 10.7 Å². The average molecular weight is 277 g/mol. The van der Waals surface area contributed by atoms with Gasteiger partial charge < -0.3 is 5.32 Å². The van der Waals surface area contributed by atoms with Crippen LogP contribution in [0.5, 0.6) is 0 Å². The maximum atomic E-state index is 5.22. The fourth-order valence-electron chi connectivity index (χ4n) is 0.985. The lowest BCUT2D eigenvalue weighted by Crippen LogP contribution is -2.42. The Balaban J connectivity index is 2.28. The predicted molar refractivity (Wildman–Crippen MR) is 64.4 cm³/mol. The van der Waals surface area contributed by atoms with Crippen LogP contribution in [-0.2, 0) is 6.42 Å². The van der Waals surface area contributed by atoms with Crippen molar-refractivity contribution in [1.29, 1.82) is 0 Å². The fourth-order valence-corrected chi connectivity index (χ4v) is 2.47. The molecule has 0 fully saturated rings. The molecule has 0 aliphatic rings. The largest absolute Gasteiger partial charge is 0.355 e. The molecular formula is C8H13BrN4S. The van der Waals surface area contributed by atoms with Gasteiger partial charge in [-0.3, -0.25) is 10.4 Å². The molecule has 78 valence electrons. The van der Waals surface area contributed by atoms with Crippen LogP contribution in [0, 0.1) is 0 Å². The van der Waals surface area contributed by atoms with Crippen LogP contribution in [-0.4, -0.2) is 19.6 Å². The van der Waals surface area contributed by atoms with Crippen LogP contribution in [0.25, 0.3) is 0 Å². The summed E-state index contributed by atoms with van der Waals surface area (Å²) in [6.45, 7) is 0.823. The zero-order valence-corrected chi connectivity index (χ0v) is 10.3. The van der Waals surface area contributed by atoms with Gasteiger partial charge in [-0.05, 0) is 34.5 Å². The number of nitrogens with two attached hydrogens (primary N) is 1. The van der Waals surface area contributed by atoms with E-state index in [-0.39, 0.29) is 0 Å². The topological polar surface area (TPSA) is 62.4 Å². The molecule has 6 heteroatoms. The van der Waals surface area contributed by atoms with Crippen LogP contribution in [0.15, 0.2) is 20.9 Å². The summed E-state index contributed by atoms with van der Waals surface area (Å²) in [6, 6.07) is 4.16. The number of guanidine groups is 1. The van der Waals surface area contributed by atoms with Gasteiger partial charge in [0.25, 0.3) is 0 Å². The highest BCUT2D eigenvalue weighted by Gasteiger charge is 1.98. The van der Waals surface area contributed by atoms with E-state index in [9.17, 15) is 0 Å². The van der Waals surface area contributed by atoms with Gasteiger partial charge in [0.05, 0.1) is 3.79 Å². The molecule has 0 saturated carbocycles. The Kier molecular flexibility index (Phi) is 4.92. The zero-order valence-electron chi connectivity index (χ0n) is 7.88. The second kappa shape index (κ2) is 6.00. The van der Waals surface area contributed by atoms with E-state index in [0.29, 0.717) is 5.96 Å². The standard InChI is InChI=1S/C8H13BrN4S/c1-11-8(13-10)12-5-4-6-2-3-7(9)14-6/h2-3H,4-5,10H2,1H3,(H2,11,12,13). The summed E-state index contributed by atoms with van der Waals surface area (Å²) in [5.74, 6) is 5.83. The number of hydrazine groups is 1. The average Bonchev–Trinajstić information content (AvgIpc) is 2.59. The number of hydrogen-bond acceptors (Lipinski definition) is 3. The summed E-state index contributed by atoms with van der Waals surface area (Å²) in [5, 5.41) is 3.08. The highest BCUT2D eigenvalue weighted by molar-refractivity contribution is 9.11. The van der Waals surface area contributed by atoms with Gasteiger partial charge in [0.1, 0.15) is 0 Å². The van der Waals surface area contributed by atoms with E-state index >= 15 is 0 Å². The van der Waals surface area contributed by atoms with Crippen LogP contribution >= 0.6 is 27.3 Å². The fraction of sp³-hybridized carbons (Fsp3) is 0.375. The Labute approximate surface area is 95.7 Å². The first-order valence-electron chi connectivity index (χ1n) is 4.17. The Morgan fingerprint density at radius 2 is 2.43 bits per heavy atom. The third-order valence-electron chi connectivity index (χ3n) is 1.65. The molecule has 0 radical (unpaired) electrons. The number of rotatable bonds is 3. The lowest BCUT2D eigenvalue weighted by atomic mass is 10.3. The molecule has 0 amide bonds. The Morgan fingerprint density at radius 3 is 2.93 bits per heavy atom. The molecule has 0 atom stereocenters. The number of nitrogens with zero attached hydrogens (tertiary/aromatic N) is 1. The first kappa shape index (κ1) is 11.5. The van der Waals surface area contributed by atoms with E-state index in [1.807, 2.05) is 0 Å². The molecule has 0 saturated heterocycles. The van der Waals surface area contributed by atoms with Crippen molar-refractivity contribution in [3.05, 3.63) is 20.8 Å². The van der Waals surface area contributed by atoms with Crippen molar-refractivity contribution in [3.63, 3.8) is 0 Å². The molecule has 0 unspecified atom stereocenters. The molecule has 4 nitrogen and oxygen atoms in total. The molecular weight excluding hydrogens is 264 g/mol. The third kappa shape index (κ3) is 3.65. The zero-order chi connectivity index (χ0) is 10.4. The molecule has 0 aromatic carbocycles. The second-order valence-electron chi connectivity index (χ2n) is 2.60. The maximum absolute atomic E-state index is 5.22. The third-order valence-corrected chi connectivity index (χ3v) is 3.34. The predicted octanol–water partition coefficient (Wildman–Crippen LogP) is 1.09. The van der Waals surface area contributed by atoms with Gasteiger partial charge in [0, 0.05) is 18.5 Å². The highest BCUT2D eigenvalue weighted by atomic mass is 79.9. The number of hydrogen-bond donors (Lipinski definition) is 3. The van der Waals surface area contributed by atoms with Crippen molar-refractivity contribution >= 4 is 33.2 Å². The lowest BCUT2D eigenvalue weighted by Gasteiger charge is -2.06. The van der Waals surface area contributed by atoms with Gasteiger partial charge in [-0.2, -0.15) is 0 Å². The molecule has 1 aromatic heterocycles. The molecule has 14 heavy (non-hydrogen) atoms. The van der Waals surface area contributed by atoms with Gasteiger partial charge in [-0.15, -0.1) is 11.3 Å². The summed E-state index contributed by atoms with van der Waals surface area (Å²) >= 11 is 5.16. The number of aliphatic imine (C=N–C) groups is 1. The number of thiophene rings is 1. The smallest absolute Gasteiger partial charge is 0.205 e. The molecule has 1 rings (SSSR count). The summed E-state index contributed by atoms with van der Waals surface area (Å²) in [4.78, 5) is 5.24. The quantitative estimate of drug-likeness (QED) is 0.335. The van der Waals surface area contributed by atoms with Gasteiger partial charge in [0.2, 0.25) is 5.96 Å². The van der Waals surface area contributed by atoms with Crippen LogP contribution in [0.2, 0.25) is 0 Å². The molecule has 1 heterocycles. The monoisotopic (exact) mass is 276 g/mol. The van der Waals surface area contributed by atoms with E-state index in [0.717, 1.165) is 16.8 Å². The van der Waals surface area contributed by atoms with Gasteiger partial charge in [-0.25, -0.2) is 5.84 Å². The van der Waals surface area contributed by atoms with Gasteiger partial charge >= 0.3 is 0 Å². The van der Waals surface area contributed by atoms with E-state index < -0.39 is 0 Å². The van der Waals surface area contributed by atoms with E-state index in [1.54, 1.807) is 18.4 Å². The van der Waals surface area contributed by atoms with Gasteiger partial charge in [-0.1, -0.05) is 0 Å². The van der Waals surface area contributed by atoms with E-state index in [4.69, 9.17) is 5.84 Å². The Morgan fingerprint density at radius 1 is 1.64 bits per heavy atom. The van der Waals surface area contributed by atoms with Crippen molar-refractivity contribution in [2.45, 2.75) is 6.42 Å².